The molecule has 0 bridgehead atoms. The van der Waals surface area contributed by atoms with E-state index in [2.05, 4.69) is 18.3 Å². The molecule has 0 aliphatic heterocycles. The molecule has 1 aromatic carbocycles. The van der Waals surface area contributed by atoms with Crippen LogP contribution in [0.4, 0.5) is 0 Å². The van der Waals surface area contributed by atoms with Crippen molar-refractivity contribution in [2.75, 3.05) is 6.61 Å². The van der Waals surface area contributed by atoms with E-state index < -0.39 is 0 Å². The molecule has 0 fully saturated rings. The first-order valence-corrected chi connectivity index (χ1v) is 7.73. The van der Waals surface area contributed by atoms with Crippen molar-refractivity contribution in [2.24, 2.45) is 0 Å². The third-order valence-corrected chi connectivity index (χ3v) is 3.84. The molecular weight excluding hydrogens is 250 g/mol. The number of hydrogen-bond acceptors (Lipinski definition) is 2. The highest BCUT2D eigenvalue weighted by molar-refractivity contribution is 5.77. The van der Waals surface area contributed by atoms with Gasteiger partial charge >= 0.3 is 0 Å². The number of rotatable bonds is 6. The van der Waals surface area contributed by atoms with Crippen molar-refractivity contribution in [1.82, 2.24) is 5.32 Å². The third kappa shape index (κ3) is 3.99. The maximum Gasteiger partial charge on any atom is 0.258 e. The van der Waals surface area contributed by atoms with Crippen LogP contribution in [0.2, 0.25) is 0 Å². The maximum atomic E-state index is 11.8. The van der Waals surface area contributed by atoms with E-state index >= 15 is 0 Å². The van der Waals surface area contributed by atoms with E-state index in [4.69, 9.17) is 4.74 Å². The minimum absolute atomic E-state index is 0.0284. The standard InChI is InChI=1S/C17H25NO2/c1-3-7-13(2)18-17(19)12-20-16-11-6-9-14-8-4-5-10-15(14)16/h6,9,11,13H,3-5,7-8,10,12H2,1-2H3,(H,18,19)/t13-/m1/s1. The van der Waals surface area contributed by atoms with Gasteiger partial charge in [0.25, 0.3) is 5.91 Å². The Morgan fingerprint density at radius 2 is 2.15 bits per heavy atom. The summed E-state index contributed by atoms with van der Waals surface area (Å²) in [4.78, 5) is 11.8. The van der Waals surface area contributed by atoms with Gasteiger partial charge in [-0.3, -0.25) is 4.79 Å². The molecule has 0 spiro atoms. The second-order valence-corrected chi connectivity index (χ2v) is 5.65. The zero-order valence-corrected chi connectivity index (χ0v) is 12.6. The summed E-state index contributed by atoms with van der Waals surface area (Å²) in [5, 5.41) is 2.97. The first-order chi connectivity index (χ1) is 9.70. The van der Waals surface area contributed by atoms with Crippen molar-refractivity contribution < 1.29 is 9.53 Å². The van der Waals surface area contributed by atoms with Gasteiger partial charge in [0.15, 0.2) is 6.61 Å². The fourth-order valence-electron chi connectivity index (χ4n) is 2.85. The lowest BCUT2D eigenvalue weighted by atomic mass is 9.91. The lowest BCUT2D eigenvalue weighted by Gasteiger charge is -2.19. The predicted molar refractivity (Wildman–Crippen MR) is 81.1 cm³/mol. The van der Waals surface area contributed by atoms with Crippen molar-refractivity contribution in [2.45, 2.75) is 58.4 Å². The number of carbonyl (C=O) groups is 1. The monoisotopic (exact) mass is 275 g/mol. The largest absolute Gasteiger partial charge is 0.483 e. The maximum absolute atomic E-state index is 11.8. The average molecular weight is 275 g/mol. The van der Waals surface area contributed by atoms with Crippen LogP contribution in [0.15, 0.2) is 18.2 Å². The van der Waals surface area contributed by atoms with Gasteiger partial charge in [0, 0.05) is 6.04 Å². The van der Waals surface area contributed by atoms with E-state index in [0.717, 1.165) is 31.4 Å². The summed E-state index contributed by atoms with van der Waals surface area (Å²) in [6, 6.07) is 6.40. The summed E-state index contributed by atoms with van der Waals surface area (Å²) >= 11 is 0. The zero-order valence-electron chi connectivity index (χ0n) is 12.6. The highest BCUT2D eigenvalue weighted by Gasteiger charge is 2.15. The van der Waals surface area contributed by atoms with E-state index in [1.54, 1.807) is 0 Å². The van der Waals surface area contributed by atoms with Crippen LogP contribution in [0.1, 0.15) is 50.7 Å². The molecule has 2 rings (SSSR count). The van der Waals surface area contributed by atoms with Crippen LogP contribution in [0.5, 0.6) is 5.75 Å². The Labute approximate surface area is 121 Å². The normalized spacial score (nSPS) is 15.3. The fourth-order valence-corrected chi connectivity index (χ4v) is 2.85. The quantitative estimate of drug-likeness (QED) is 0.865. The SMILES string of the molecule is CCC[C@@H](C)NC(=O)COc1cccc2c1CCCC2. The van der Waals surface area contributed by atoms with Crippen LogP contribution in [-0.2, 0) is 17.6 Å². The lowest BCUT2D eigenvalue weighted by molar-refractivity contribution is -0.123. The Balaban J connectivity index is 1.89. The molecule has 3 nitrogen and oxygen atoms in total. The Morgan fingerprint density at radius 3 is 2.95 bits per heavy atom. The second kappa shape index (κ2) is 7.32. The molecule has 1 aliphatic carbocycles. The smallest absolute Gasteiger partial charge is 0.258 e. The molecule has 1 aromatic rings. The molecule has 0 saturated carbocycles. The minimum Gasteiger partial charge on any atom is -0.483 e. The second-order valence-electron chi connectivity index (χ2n) is 5.65. The molecule has 1 aliphatic rings. The van der Waals surface area contributed by atoms with Crippen molar-refractivity contribution in [1.29, 1.82) is 0 Å². The van der Waals surface area contributed by atoms with Gasteiger partial charge in [-0.1, -0.05) is 25.5 Å². The minimum atomic E-state index is -0.0284. The number of carbonyl (C=O) groups excluding carboxylic acids is 1. The van der Waals surface area contributed by atoms with Gasteiger partial charge in [-0.2, -0.15) is 0 Å². The van der Waals surface area contributed by atoms with Crippen LogP contribution in [0.3, 0.4) is 0 Å². The topological polar surface area (TPSA) is 38.3 Å². The van der Waals surface area contributed by atoms with E-state index in [1.165, 1.54) is 24.0 Å². The lowest BCUT2D eigenvalue weighted by Crippen LogP contribution is -2.36. The van der Waals surface area contributed by atoms with Crippen molar-refractivity contribution in [3.05, 3.63) is 29.3 Å². The van der Waals surface area contributed by atoms with Gasteiger partial charge in [0.2, 0.25) is 0 Å². The molecule has 1 amide bonds. The number of fused-ring (bicyclic) bond motifs is 1. The Hall–Kier alpha value is -1.51. The summed E-state index contributed by atoms with van der Waals surface area (Å²) in [6.45, 7) is 4.27. The van der Waals surface area contributed by atoms with Gasteiger partial charge < -0.3 is 10.1 Å². The van der Waals surface area contributed by atoms with E-state index in [-0.39, 0.29) is 18.6 Å². The van der Waals surface area contributed by atoms with Crippen LogP contribution in [0, 0.1) is 0 Å². The highest BCUT2D eigenvalue weighted by Crippen LogP contribution is 2.29. The summed E-state index contributed by atoms with van der Waals surface area (Å²) in [5.41, 5.74) is 2.68. The van der Waals surface area contributed by atoms with Gasteiger partial charge in [0.05, 0.1) is 0 Å². The Kier molecular flexibility index (Phi) is 5.45. The number of ether oxygens (including phenoxy) is 1. The Morgan fingerprint density at radius 1 is 1.35 bits per heavy atom. The number of nitrogens with one attached hydrogen (secondary N) is 1. The molecule has 0 aromatic heterocycles. The van der Waals surface area contributed by atoms with Crippen LogP contribution in [-0.4, -0.2) is 18.6 Å². The summed E-state index contributed by atoms with van der Waals surface area (Å²) < 4.78 is 5.73. The molecule has 0 heterocycles. The molecule has 0 unspecified atom stereocenters. The molecule has 110 valence electrons. The Bertz CT molecular complexity index is 456. The molecule has 20 heavy (non-hydrogen) atoms. The molecule has 3 heteroatoms. The van der Waals surface area contributed by atoms with Crippen LogP contribution in [0.25, 0.3) is 0 Å². The number of amides is 1. The van der Waals surface area contributed by atoms with Gasteiger partial charge in [-0.25, -0.2) is 0 Å². The average Bonchev–Trinajstić information content (AvgIpc) is 2.45. The molecule has 1 N–H and O–H groups in total. The van der Waals surface area contributed by atoms with Crippen molar-refractivity contribution in [3.8, 4) is 5.75 Å². The van der Waals surface area contributed by atoms with Crippen LogP contribution >= 0.6 is 0 Å². The van der Waals surface area contributed by atoms with Crippen molar-refractivity contribution >= 4 is 5.91 Å². The van der Waals surface area contributed by atoms with Crippen LogP contribution < -0.4 is 10.1 Å². The summed E-state index contributed by atoms with van der Waals surface area (Å²) in [7, 11) is 0. The van der Waals surface area contributed by atoms with Gasteiger partial charge in [0.1, 0.15) is 5.75 Å². The number of aryl methyl sites for hydroxylation is 1. The zero-order chi connectivity index (χ0) is 14.4. The first kappa shape index (κ1) is 14.9. The summed E-state index contributed by atoms with van der Waals surface area (Å²) in [6.07, 6.45) is 6.76. The highest BCUT2D eigenvalue weighted by atomic mass is 16.5. The predicted octanol–water partition coefficient (Wildman–Crippen LogP) is 3.25. The fraction of sp³-hybridized carbons (Fsp3) is 0.588. The molecule has 0 saturated heterocycles. The van der Waals surface area contributed by atoms with Gasteiger partial charge in [-0.05, 0) is 56.2 Å². The summed E-state index contributed by atoms with van der Waals surface area (Å²) in [5.74, 6) is 0.861. The van der Waals surface area contributed by atoms with E-state index in [9.17, 15) is 4.79 Å². The van der Waals surface area contributed by atoms with E-state index in [1.807, 2.05) is 19.1 Å². The molecular formula is C17H25NO2. The third-order valence-electron chi connectivity index (χ3n) is 3.84. The van der Waals surface area contributed by atoms with Gasteiger partial charge in [-0.15, -0.1) is 0 Å². The molecule has 0 radical (unpaired) electrons. The number of benzene rings is 1. The van der Waals surface area contributed by atoms with Crippen molar-refractivity contribution in [3.63, 3.8) is 0 Å². The van der Waals surface area contributed by atoms with E-state index in [0.29, 0.717) is 0 Å². The molecule has 1 atom stereocenters. The number of hydrogen-bond donors (Lipinski definition) is 1. The first-order valence-electron chi connectivity index (χ1n) is 7.73.